The number of nitrogens with two attached hydrogens (primary N) is 1. The van der Waals surface area contributed by atoms with Crippen molar-refractivity contribution in [2.75, 3.05) is 12.5 Å². The summed E-state index contributed by atoms with van der Waals surface area (Å²) in [6.45, 7) is 1.82. The summed E-state index contributed by atoms with van der Waals surface area (Å²) in [6.07, 6.45) is 0. The van der Waals surface area contributed by atoms with Crippen LogP contribution in [0.3, 0.4) is 0 Å². The SMILES string of the molecule is Nc1ccsc1CNCc1cccc2c1OCO2. The molecule has 0 amide bonds. The van der Waals surface area contributed by atoms with Crippen molar-refractivity contribution in [3.63, 3.8) is 0 Å². The van der Waals surface area contributed by atoms with Gasteiger partial charge in [-0.1, -0.05) is 12.1 Å². The number of fused-ring (bicyclic) bond motifs is 1. The molecule has 0 bridgehead atoms. The van der Waals surface area contributed by atoms with E-state index >= 15 is 0 Å². The largest absolute Gasteiger partial charge is 0.454 e. The smallest absolute Gasteiger partial charge is 0.231 e. The van der Waals surface area contributed by atoms with Gasteiger partial charge in [-0.3, -0.25) is 0 Å². The fourth-order valence-electron chi connectivity index (χ4n) is 1.93. The number of thiophene rings is 1. The molecule has 5 heteroatoms. The molecule has 3 N–H and O–H groups in total. The third-order valence-corrected chi connectivity index (χ3v) is 3.80. The van der Waals surface area contributed by atoms with Gasteiger partial charge < -0.3 is 20.5 Å². The van der Waals surface area contributed by atoms with Crippen LogP contribution >= 0.6 is 11.3 Å². The topological polar surface area (TPSA) is 56.5 Å². The van der Waals surface area contributed by atoms with Crippen molar-refractivity contribution in [1.82, 2.24) is 5.32 Å². The Morgan fingerprint density at radius 3 is 3.00 bits per heavy atom. The monoisotopic (exact) mass is 262 g/mol. The highest BCUT2D eigenvalue weighted by molar-refractivity contribution is 7.10. The van der Waals surface area contributed by atoms with Crippen molar-refractivity contribution in [1.29, 1.82) is 0 Å². The number of benzene rings is 1. The lowest BCUT2D eigenvalue weighted by atomic mass is 10.2. The van der Waals surface area contributed by atoms with Gasteiger partial charge in [-0.15, -0.1) is 11.3 Å². The van der Waals surface area contributed by atoms with Crippen molar-refractivity contribution in [3.8, 4) is 11.5 Å². The lowest BCUT2D eigenvalue weighted by Gasteiger charge is -2.07. The quantitative estimate of drug-likeness (QED) is 0.888. The molecule has 0 saturated carbocycles. The maximum Gasteiger partial charge on any atom is 0.231 e. The molecular formula is C13H14N2O2S. The molecule has 1 aliphatic heterocycles. The number of nitrogen functional groups attached to an aromatic ring is 1. The summed E-state index contributed by atoms with van der Waals surface area (Å²) in [5.41, 5.74) is 7.80. The third kappa shape index (κ3) is 2.14. The van der Waals surface area contributed by atoms with Crippen LogP contribution in [-0.2, 0) is 13.1 Å². The summed E-state index contributed by atoms with van der Waals surface area (Å²) in [7, 11) is 0. The van der Waals surface area contributed by atoms with Gasteiger partial charge in [-0.05, 0) is 17.5 Å². The van der Waals surface area contributed by atoms with Gasteiger partial charge in [0, 0.05) is 29.2 Å². The van der Waals surface area contributed by atoms with Crippen LogP contribution in [0.15, 0.2) is 29.6 Å². The van der Waals surface area contributed by atoms with Gasteiger partial charge >= 0.3 is 0 Å². The number of hydrogen-bond donors (Lipinski definition) is 2. The maximum atomic E-state index is 5.84. The molecule has 0 radical (unpaired) electrons. The molecule has 1 aromatic heterocycles. The van der Waals surface area contributed by atoms with E-state index in [4.69, 9.17) is 15.2 Å². The van der Waals surface area contributed by atoms with Gasteiger partial charge in [0.1, 0.15) is 0 Å². The zero-order valence-corrected chi connectivity index (χ0v) is 10.6. The van der Waals surface area contributed by atoms with Gasteiger partial charge in [0.05, 0.1) is 0 Å². The van der Waals surface area contributed by atoms with Gasteiger partial charge in [-0.2, -0.15) is 0 Å². The number of ether oxygens (including phenoxy) is 2. The van der Waals surface area contributed by atoms with Crippen LogP contribution in [0.1, 0.15) is 10.4 Å². The molecule has 2 heterocycles. The zero-order chi connectivity index (χ0) is 12.4. The van der Waals surface area contributed by atoms with E-state index in [1.165, 1.54) is 4.88 Å². The van der Waals surface area contributed by atoms with Crippen LogP contribution in [-0.4, -0.2) is 6.79 Å². The van der Waals surface area contributed by atoms with Crippen molar-refractivity contribution < 1.29 is 9.47 Å². The summed E-state index contributed by atoms with van der Waals surface area (Å²) in [5, 5.41) is 5.37. The first-order valence-electron chi connectivity index (χ1n) is 5.74. The molecule has 1 aromatic carbocycles. The Labute approximate surface area is 109 Å². The summed E-state index contributed by atoms with van der Waals surface area (Å²) < 4.78 is 10.8. The van der Waals surface area contributed by atoms with Crippen LogP contribution in [0, 0.1) is 0 Å². The van der Waals surface area contributed by atoms with E-state index in [9.17, 15) is 0 Å². The predicted octanol–water partition coefficient (Wildman–Crippen LogP) is 2.35. The van der Waals surface area contributed by atoms with Crippen LogP contribution in [0.5, 0.6) is 11.5 Å². The maximum absolute atomic E-state index is 5.84. The van der Waals surface area contributed by atoms with Crippen LogP contribution in [0.4, 0.5) is 5.69 Å². The number of hydrogen-bond acceptors (Lipinski definition) is 5. The van der Waals surface area contributed by atoms with Gasteiger partial charge in [0.25, 0.3) is 0 Å². The van der Waals surface area contributed by atoms with Crippen LogP contribution in [0.2, 0.25) is 0 Å². The zero-order valence-electron chi connectivity index (χ0n) is 9.81. The van der Waals surface area contributed by atoms with Crippen molar-refractivity contribution in [2.24, 2.45) is 0 Å². The Morgan fingerprint density at radius 2 is 2.17 bits per heavy atom. The van der Waals surface area contributed by atoms with Gasteiger partial charge in [-0.25, -0.2) is 0 Å². The van der Waals surface area contributed by atoms with E-state index in [-0.39, 0.29) is 0 Å². The number of anilines is 1. The fourth-order valence-corrected chi connectivity index (χ4v) is 2.70. The number of nitrogens with one attached hydrogen (secondary N) is 1. The minimum atomic E-state index is 0.310. The Bertz CT molecular complexity index is 554. The number of para-hydroxylation sites is 1. The summed E-state index contributed by atoms with van der Waals surface area (Å²) in [4.78, 5) is 1.17. The molecule has 0 spiro atoms. The van der Waals surface area contributed by atoms with Crippen molar-refractivity contribution >= 4 is 17.0 Å². The van der Waals surface area contributed by atoms with E-state index in [1.807, 2.05) is 29.6 Å². The molecule has 18 heavy (non-hydrogen) atoms. The van der Waals surface area contributed by atoms with E-state index in [0.717, 1.165) is 35.8 Å². The molecule has 94 valence electrons. The normalized spacial score (nSPS) is 12.9. The highest BCUT2D eigenvalue weighted by Crippen LogP contribution is 2.35. The molecule has 0 saturated heterocycles. The second kappa shape index (κ2) is 4.88. The highest BCUT2D eigenvalue weighted by atomic mass is 32.1. The lowest BCUT2D eigenvalue weighted by molar-refractivity contribution is 0.173. The van der Waals surface area contributed by atoms with Gasteiger partial charge in [0.15, 0.2) is 11.5 Å². The highest BCUT2D eigenvalue weighted by Gasteiger charge is 2.16. The molecule has 0 atom stereocenters. The first-order valence-corrected chi connectivity index (χ1v) is 6.62. The molecule has 4 nitrogen and oxygen atoms in total. The second-order valence-electron chi connectivity index (χ2n) is 4.05. The Balaban J connectivity index is 1.64. The Hall–Kier alpha value is -1.72. The standard InChI is InChI=1S/C13H14N2O2S/c14-10-4-5-18-12(10)7-15-6-9-2-1-3-11-13(9)17-8-16-11/h1-5,15H,6-8,14H2. The minimum absolute atomic E-state index is 0.310. The number of rotatable bonds is 4. The van der Waals surface area contributed by atoms with E-state index in [2.05, 4.69) is 5.32 Å². The summed E-state index contributed by atoms with van der Waals surface area (Å²) >= 11 is 1.67. The molecular weight excluding hydrogens is 248 g/mol. The minimum Gasteiger partial charge on any atom is -0.454 e. The first kappa shape index (κ1) is 11.4. The van der Waals surface area contributed by atoms with Crippen molar-refractivity contribution in [2.45, 2.75) is 13.1 Å². The average Bonchev–Trinajstić information content (AvgIpc) is 2.99. The van der Waals surface area contributed by atoms with Crippen LogP contribution in [0.25, 0.3) is 0 Å². The third-order valence-electron chi connectivity index (χ3n) is 2.86. The molecule has 0 unspecified atom stereocenters. The van der Waals surface area contributed by atoms with Crippen molar-refractivity contribution in [3.05, 3.63) is 40.1 Å². The van der Waals surface area contributed by atoms with E-state index in [0.29, 0.717) is 6.79 Å². The van der Waals surface area contributed by atoms with E-state index in [1.54, 1.807) is 11.3 Å². The molecule has 0 aliphatic carbocycles. The molecule has 3 rings (SSSR count). The summed E-state index contributed by atoms with van der Waals surface area (Å²) in [6, 6.07) is 7.87. The Morgan fingerprint density at radius 1 is 1.22 bits per heavy atom. The predicted molar refractivity (Wildman–Crippen MR) is 71.8 cm³/mol. The molecule has 1 aliphatic rings. The Kier molecular flexibility index (Phi) is 3.08. The fraction of sp³-hybridized carbons (Fsp3) is 0.231. The average molecular weight is 262 g/mol. The van der Waals surface area contributed by atoms with Crippen LogP contribution < -0.4 is 20.5 Å². The molecule has 2 aromatic rings. The summed E-state index contributed by atoms with van der Waals surface area (Å²) in [5.74, 6) is 1.68. The first-order chi connectivity index (χ1) is 8.84. The second-order valence-corrected chi connectivity index (χ2v) is 5.05. The molecule has 0 fully saturated rings. The van der Waals surface area contributed by atoms with E-state index < -0.39 is 0 Å². The lowest BCUT2D eigenvalue weighted by Crippen LogP contribution is -2.13. The van der Waals surface area contributed by atoms with Gasteiger partial charge in [0.2, 0.25) is 6.79 Å².